The Balaban J connectivity index is 1.56. The number of rotatable bonds is 5. The van der Waals surface area contributed by atoms with Crippen LogP contribution in [0.4, 0.5) is 4.79 Å². The summed E-state index contributed by atoms with van der Waals surface area (Å²) in [7, 11) is -0.230. The maximum atomic E-state index is 12.9. The number of hydrogen-bond donors (Lipinski definition) is 0. The van der Waals surface area contributed by atoms with Crippen LogP contribution in [0.15, 0.2) is 11.5 Å². The zero-order valence-electron chi connectivity index (χ0n) is 20.7. The number of carbonyl (C=O) groups excluding carboxylic acids is 1. The van der Waals surface area contributed by atoms with Gasteiger partial charge in [-0.1, -0.05) is 6.08 Å². The maximum Gasteiger partial charge on any atom is 0.490 e. The molecule has 2 heterocycles. The third kappa shape index (κ3) is 6.26. The van der Waals surface area contributed by atoms with Crippen molar-refractivity contribution in [2.75, 3.05) is 19.8 Å². The quantitative estimate of drug-likeness (QED) is 0.559. The summed E-state index contributed by atoms with van der Waals surface area (Å²) in [6.45, 7) is 16.3. The van der Waals surface area contributed by atoms with Crippen molar-refractivity contribution in [2.24, 2.45) is 5.92 Å². The van der Waals surface area contributed by atoms with Gasteiger partial charge in [-0.05, 0) is 98.4 Å². The van der Waals surface area contributed by atoms with Gasteiger partial charge in [-0.15, -0.1) is 0 Å². The summed E-state index contributed by atoms with van der Waals surface area (Å²) >= 11 is 0. The molecule has 0 aromatic carbocycles. The van der Waals surface area contributed by atoms with Crippen LogP contribution < -0.4 is 0 Å². The van der Waals surface area contributed by atoms with Gasteiger partial charge in [0.05, 0.1) is 11.2 Å². The Labute approximate surface area is 189 Å². The minimum absolute atomic E-state index is 0.191. The first kappa shape index (κ1) is 24.6. The van der Waals surface area contributed by atoms with Crippen molar-refractivity contribution in [3.63, 3.8) is 0 Å². The second-order valence-corrected chi connectivity index (χ2v) is 11.3. The number of carbonyl (C=O) groups is 1. The lowest BCUT2D eigenvalue weighted by atomic mass is 9.70. The van der Waals surface area contributed by atoms with Gasteiger partial charge in [-0.2, -0.15) is 0 Å². The van der Waals surface area contributed by atoms with Crippen LogP contribution in [-0.2, 0) is 18.8 Å². The highest BCUT2D eigenvalue weighted by Crippen LogP contribution is 2.41. The molecular formula is C24H42BNO5. The maximum absolute atomic E-state index is 12.9. The highest BCUT2D eigenvalue weighted by atomic mass is 16.7. The lowest BCUT2D eigenvalue weighted by Crippen LogP contribution is -2.46. The Morgan fingerprint density at radius 2 is 1.74 bits per heavy atom. The van der Waals surface area contributed by atoms with Crippen LogP contribution in [0.3, 0.4) is 0 Å². The normalized spacial score (nSPS) is 26.5. The highest BCUT2D eigenvalue weighted by Gasteiger charge is 2.52. The molecule has 3 aliphatic rings. The molecule has 6 nitrogen and oxygen atoms in total. The fourth-order valence-corrected chi connectivity index (χ4v) is 4.44. The van der Waals surface area contributed by atoms with Crippen molar-refractivity contribution in [1.29, 1.82) is 0 Å². The smallest absolute Gasteiger partial charge is 0.444 e. The van der Waals surface area contributed by atoms with Gasteiger partial charge >= 0.3 is 13.2 Å². The van der Waals surface area contributed by atoms with Crippen molar-refractivity contribution >= 4 is 13.2 Å². The van der Waals surface area contributed by atoms with Gasteiger partial charge in [0.15, 0.2) is 0 Å². The standard InChI is InChI=1S/C24H42BNO5/c1-22(2,3)29-21(27)26(20-13-16-28-17-14-20)15-12-18-8-10-19(11-9-18)25-30-23(4,5)24(6,7)31-25/h10,18,20H,8-9,11-17H2,1-7H3/t18-/m0/s1. The topological polar surface area (TPSA) is 57.2 Å². The molecule has 0 N–H and O–H groups in total. The summed E-state index contributed by atoms with van der Waals surface area (Å²) in [4.78, 5) is 14.9. The zero-order valence-corrected chi connectivity index (χ0v) is 20.7. The highest BCUT2D eigenvalue weighted by molar-refractivity contribution is 6.54. The summed E-state index contributed by atoms with van der Waals surface area (Å²) in [6.07, 6.45) is 7.98. The van der Waals surface area contributed by atoms with Crippen LogP contribution in [0.25, 0.3) is 0 Å². The Morgan fingerprint density at radius 1 is 1.13 bits per heavy atom. The van der Waals surface area contributed by atoms with E-state index in [0.717, 1.165) is 45.1 Å². The van der Waals surface area contributed by atoms with E-state index in [1.807, 2.05) is 25.7 Å². The van der Waals surface area contributed by atoms with E-state index < -0.39 is 5.60 Å². The Kier molecular flexibility index (Phi) is 7.49. The van der Waals surface area contributed by atoms with E-state index in [0.29, 0.717) is 19.1 Å². The molecule has 1 amide bonds. The fourth-order valence-electron chi connectivity index (χ4n) is 4.44. The summed E-state index contributed by atoms with van der Waals surface area (Å²) in [5, 5.41) is 0. The number of hydrogen-bond acceptors (Lipinski definition) is 5. The van der Waals surface area contributed by atoms with E-state index in [-0.39, 0.29) is 30.5 Å². The fraction of sp³-hybridized carbons (Fsp3) is 0.875. The molecule has 2 saturated heterocycles. The molecule has 0 spiro atoms. The first-order valence-electron chi connectivity index (χ1n) is 12.0. The van der Waals surface area contributed by atoms with E-state index in [1.165, 1.54) is 5.47 Å². The SMILES string of the molecule is CC(C)(C)OC(=O)N(CC[C@H]1CC=C(B2OC(C)(C)C(C)(C)O2)CC1)C1CCOCC1. The lowest BCUT2D eigenvalue weighted by Gasteiger charge is -2.36. The number of ether oxygens (including phenoxy) is 2. The van der Waals surface area contributed by atoms with Gasteiger partial charge in [-0.25, -0.2) is 4.79 Å². The van der Waals surface area contributed by atoms with Crippen LogP contribution in [-0.4, -0.2) is 60.7 Å². The van der Waals surface area contributed by atoms with E-state index in [9.17, 15) is 4.79 Å². The van der Waals surface area contributed by atoms with Crippen LogP contribution >= 0.6 is 0 Å². The molecule has 2 fully saturated rings. The molecule has 7 heteroatoms. The molecule has 0 aromatic heterocycles. The summed E-state index contributed by atoms with van der Waals surface area (Å²) < 4.78 is 23.7. The molecule has 176 valence electrons. The van der Waals surface area contributed by atoms with Crippen molar-refractivity contribution in [2.45, 2.75) is 110 Å². The molecule has 2 aliphatic heterocycles. The Morgan fingerprint density at radius 3 is 2.26 bits per heavy atom. The molecule has 0 radical (unpaired) electrons. The summed E-state index contributed by atoms with van der Waals surface area (Å²) in [5.74, 6) is 0.566. The first-order chi connectivity index (χ1) is 14.4. The van der Waals surface area contributed by atoms with Gasteiger partial charge in [0.25, 0.3) is 0 Å². The van der Waals surface area contributed by atoms with Crippen LogP contribution in [0.1, 0.15) is 87.0 Å². The lowest BCUT2D eigenvalue weighted by molar-refractivity contribution is -0.00698. The van der Waals surface area contributed by atoms with Crippen LogP contribution in [0.2, 0.25) is 0 Å². The summed E-state index contributed by atoms with van der Waals surface area (Å²) in [6, 6.07) is 0.211. The predicted molar refractivity (Wildman–Crippen MR) is 123 cm³/mol. The molecule has 0 unspecified atom stereocenters. The zero-order chi connectivity index (χ0) is 22.9. The van der Waals surface area contributed by atoms with Gasteiger partial charge in [0.1, 0.15) is 5.60 Å². The first-order valence-corrected chi connectivity index (χ1v) is 12.0. The molecular weight excluding hydrogens is 393 g/mol. The van der Waals surface area contributed by atoms with E-state index in [2.05, 4.69) is 33.8 Å². The number of allylic oxidation sites excluding steroid dienone is 2. The molecule has 3 rings (SSSR count). The van der Waals surface area contributed by atoms with Gasteiger partial charge in [0, 0.05) is 25.8 Å². The van der Waals surface area contributed by atoms with E-state index in [4.69, 9.17) is 18.8 Å². The third-order valence-corrected chi connectivity index (χ3v) is 7.15. The van der Waals surface area contributed by atoms with Crippen LogP contribution in [0, 0.1) is 5.92 Å². The van der Waals surface area contributed by atoms with Gasteiger partial charge < -0.3 is 23.7 Å². The number of amides is 1. The van der Waals surface area contributed by atoms with E-state index in [1.54, 1.807) is 0 Å². The van der Waals surface area contributed by atoms with Gasteiger partial charge in [0.2, 0.25) is 0 Å². The van der Waals surface area contributed by atoms with Crippen molar-refractivity contribution in [3.05, 3.63) is 11.5 Å². The average Bonchev–Trinajstić information content (AvgIpc) is 2.89. The van der Waals surface area contributed by atoms with Crippen molar-refractivity contribution in [1.82, 2.24) is 4.90 Å². The van der Waals surface area contributed by atoms with Gasteiger partial charge in [-0.3, -0.25) is 0 Å². The molecule has 0 bridgehead atoms. The van der Waals surface area contributed by atoms with Crippen molar-refractivity contribution in [3.8, 4) is 0 Å². The largest absolute Gasteiger partial charge is 0.490 e. The third-order valence-electron chi connectivity index (χ3n) is 7.15. The second-order valence-electron chi connectivity index (χ2n) is 11.3. The second kappa shape index (κ2) is 9.44. The molecule has 0 saturated carbocycles. The van der Waals surface area contributed by atoms with E-state index >= 15 is 0 Å². The monoisotopic (exact) mass is 435 g/mol. The van der Waals surface area contributed by atoms with Crippen LogP contribution in [0.5, 0.6) is 0 Å². The van der Waals surface area contributed by atoms with Crippen molar-refractivity contribution < 1.29 is 23.6 Å². The minimum atomic E-state index is -0.480. The predicted octanol–water partition coefficient (Wildman–Crippen LogP) is 5.15. The summed E-state index contributed by atoms with van der Waals surface area (Å²) in [5.41, 5.74) is 0.189. The molecule has 0 aromatic rings. The Bertz CT molecular complexity index is 647. The molecule has 1 atom stereocenters. The Hall–Kier alpha value is -1.05. The number of nitrogens with zero attached hydrogens (tertiary/aromatic N) is 1. The molecule has 31 heavy (non-hydrogen) atoms. The minimum Gasteiger partial charge on any atom is -0.444 e. The molecule has 1 aliphatic carbocycles. The average molecular weight is 435 g/mol.